The summed E-state index contributed by atoms with van der Waals surface area (Å²) in [5, 5.41) is 3.30. The van der Waals surface area contributed by atoms with Crippen LogP contribution in [0.4, 0.5) is 0 Å². The Labute approximate surface area is 91.0 Å². The lowest BCUT2D eigenvalue weighted by atomic mass is 10.2. The molecule has 1 rings (SSSR count). The highest BCUT2D eigenvalue weighted by Crippen LogP contribution is 2.26. The minimum Gasteiger partial charge on any atom is -0.329 e. The number of hydrogen-bond donors (Lipinski definition) is 2. The number of nitrogens with one attached hydrogen (secondary N) is 1. The van der Waals surface area contributed by atoms with Gasteiger partial charge in [0.15, 0.2) is 0 Å². The minimum atomic E-state index is 0.245. The summed E-state index contributed by atoms with van der Waals surface area (Å²) in [6.45, 7) is 5.06. The van der Waals surface area contributed by atoms with Crippen LogP contribution in [0.2, 0.25) is 0 Å². The van der Waals surface area contributed by atoms with Crippen LogP contribution in [-0.2, 0) is 0 Å². The Morgan fingerprint density at radius 2 is 2.46 bits per heavy atom. The van der Waals surface area contributed by atoms with E-state index in [0.717, 1.165) is 10.3 Å². The molecule has 1 heterocycles. The molecule has 0 fully saturated rings. The van der Waals surface area contributed by atoms with Crippen LogP contribution in [0.5, 0.6) is 0 Å². The zero-order valence-corrected chi connectivity index (χ0v) is 9.70. The quantitative estimate of drug-likeness (QED) is 0.798. The molecule has 0 saturated heterocycles. The van der Waals surface area contributed by atoms with Gasteiger partial charge >= 0.3 is 0 Å². The monoisotopic (exact) mass is 260 g/mol. The van der Waals surface area contributed by atoms with Gasteiger partial charge in [-0.15, -0.1) is 17.9 Å². The SMILES string of the molecule is C=CCNC(CN)c1ccc(Br)s1. The van der Waals surface area contributed by atoms with E-state index >= 15 is 0 Å². The summed E-state index contributed by atoms with van der Waals surface area (Å²) < 4.78 is 1.14. The van der Waals surface area contributed by atoms with Crippen molar-refractivity contribution >= 4 is 27.3 Å². The Hall–Kier alpha value is -0.160. The topological polar surface area (TPSA) is 38.0 Å². The highest BCUT2D eigenvalue weighted by Gasteiger charge is 2.09. The molecule has 13 heavy (non-hydrogen) atoms. The van der Waals surface area contributed by atoms with Crippen molar-refractivity contribution < 1.29 is 0 Å². The Kier molecular flexibility index (Phi) is 4.66. The Morgan fingerprint density at radius 3 is 2.92 bits per heavy atom. The van der Waals surface area contributed by atoms with E-state index in [-0.39, 0.29) is 6.04 Å². The molecular weight excluding hydrogens is 248 g/mol. The molecule has 0 aromatic carbocycles. The smallest absolute Gasteiger partial charge is 0.0702 e. The fourth-order valence-electron chi connectivity index (χ4n) is 1.04. The molecule has 0 aliphatic heterocycles. The molecule has 0 amide bonds. The Balaban J connectivity index is 2.60. The predicted molar refractivity (Wildman–Crippen MR) is 62.0 cm³/mol. The number of halogens is 1. The molecule has 1 aromatic rings. The van der Waals surface area contributed by atoms with Gasteiger partial charge in [0.1, 0.15) is 0 Å². The van der Waals surface area contributed by atoms with Gasteiger partial charge in [0.25, 0.3) is 0 Å². The van der Waals surface area contributed by atoms with Gasteiger partial charge in [-0.1, -0.05) is 6.08 Å². The third-order valence-corrected chi connectivity index (χ3v) is 3.42. The first kappa shape index (κ1) is 10.9. The second-order valence-electron chi connectivity index (χ2n) is 2.63. The number of nitrogens with two attached hydrogens (primary N) is 1. The number of hydrogen-bond acceptors (Lipinski definition) is 3. The van der Waals surface area contributed by atoms with E-state index in [0.29, 0.717) is 6.54 Å². The Morgan fingerprint density at radius 1 is 1.69 bits per heavy atom. The van der Waals surface area contributed by atoms with E-state index in [1.807, 2.05) is 12.1 Å². The minimum absolute atomic E-state index is 0.245. The lowest BCUT2D eigenvalue weighted by Gasteiger charge is -2.13. The maximum absolute atomic E-state index is 5.65. The first-order valence-electron chi connectivity index (χ1n) is 4.07. The van der Waals surface area contributed by atoms with Crippen molar-refractivity contribution in [3.05, 3.63) is 33.5 Å². The molecule has 1 unspecified atom stereocenters. The molecule has 0 spiro atoms. The summed E-state index contributed by atoms with van der Waals surface area (Å²) in [6.07, 6.45) is 1.84. The van der Waals surface area contributed by atoms with E-state index in [9.17, 15) is 0 Å². The van der Waals surface area contributed by atoms with Gasteiger partial charge in [-0.2, -0.15) is 0 Å². The van der Waals surface area contributed by atoms with Gasteiger partial charge in [0, 0.05) is 18.0 Å². The normalized spacial score (nSPS) is 12.8. The van der Waals surface area contributed by atoms with Crippen molar-refractivity contribution in [1.82, 2.24) is 5.32 Å². The average molecular weight is 261 g/mol. The lowest BCUT2D eigenvalue weighted by molar-refractivity contribution is 0.587. The molecule has 0 aliphatic rings. The summed E-state index contributed by atoms with van der Waals surface area (Å²) in [5.74, 6) is 0. The molecule has 1 aromatic heterocycles. The predicted octanol–water partition coefficient (Wildman–Crippen LogP) is 2.29. The van der Waals surface area contributed by atoms with E-state index in [1.54, 1.807) is 11.3 Å². The van der Waals surface area contributed by atoms with E-state index in [4.69, 9.17) is 5.73 Å². The van der Waals surface area contributed by atoms with E-state index < -0.39 is 0 Å². The van der Waals surface area contributed by atoms with Crippen LogP contribution in [0.1, 0.15) is 10.9 Å². The molecule has 2 nitrogen and oxygen atoms in total. The fourth-order valence-corrected chi connectivity index (χ4v) is 2.55. The van der Waals surface area contributed by atoms with Crippen molar-refractivity contribution in [3.63, 3.8) is 0 Å². The zero-order chi connectivity index (χ0) is 9.68. The van der Waals surface area contributed by atoms with Crippen molar-refractivity contribution in [2.75, 3.05) is 13.1 Å². The molecule has 3 N–H and O–H groups in total. The maximum atomic E-state index is 5.65. The number of thiophene rings is 1. The van der Waals surface area contributed by atoms with Crippen LogP contribution < -0.4 is 11.1 Å². The zero-order valence-electron chi connectivity index (χ0n) is 7.29. The lowest BCUT2D eigenvalue weighted by Crippen LogP contribution is -2.27. The van der Waals surface area contributed by atoms with Crippen LogP contribution >= 0.6 is 27.3 Å². The third-order valence-electron chi connectivity index (χ3n) is 1.68. The van der Waals surface area contributed by atoms with Crippen molar-refractivity contribution in [1.29, 1.82) is 0 Å². The summed E-state index contributed by atoms with van der Waals surface area (Å²) in [5.41, 5.74) is 5.65. The van der Waals surface area contributed by atoms with E-state index in [2.05, 4.69) is 33.9 Å². The average Bonchev–Trinajstić information content (AvgIpc) is 2.54. The summed E-state index contributed by atoms with van der Waals surface area (Å²) in [4.78, 5) is 1.26. The molecule has 0 saturated carbocycles. The summed E-state index contributed by atoms with van der Waals surface area (Å²) >= 11 is 5.14. The number of rotatable bonds is 5. The summed E-state index contributed by atoms with van der Waals surface area (Å²) in [6, 6.07) is 4.37. The van der Waals surface area contributed by atoms with Gasteiger partial charge in [-0.05, 0) is 28.1 Å². The molecular formula is C9H13BrN2S. The Bertz CT molecular complexity index is 272. The summed E-state index contributed by atoms with van der Waals surface area (Å²) in [7, 11) is 0. The van der Waals surface area contributed by atoms with Gasteiger partial charge in [0.05, 0.1) is 9.83 Å². The third kappa shape index (κ3) is 3.23. The van der Waals surface area contributed by atoms with Gasteiger partial charge in [-0.3, -0.25) is 0 Å². The maximum Gasteiger partial charge on any atom is 0.0702 e. The molecule has 72 valence electrons. The standard InChI is InChI=1S/C9H13BrN2S/c1-2-5-12-7(6-11)8-3-4-9(10)13-8/h2-4,7,12H,1,5-6,11H2. The van der Waals surface area contributed by atoms with Crippen molar-refractivity contribution in [3.8, 4) is 0 Å². The first-order chi connectivity index (χ1) is 6.27. The van der Waals surface area contributed by atoms with Crippen molar-refractivity contribution in [2.45, 2.75) is 6.04 Å². The van der Waals surface area contributed by atoms with Crippen LogP contribution in [0.15, 0.2) is 28.6 Å². The molecule has 4 heteroatoms. The van der Waals surface area contributed by atoms with Gasteiger partial charge in [-0.25, -0.2) is 0 Å². The van der Waals surface area contributed by atoms with E-state index in [1.165, 1.54) is 4.88 Å². The van der Waals surface area contributed by atoms with Gasteiger partial charge in [0.2, 0.25) is 0 Å². The second-order valence-corrected chi connectivity index (χ2v) is 5.12. The second kappa shape index (κ2) is 5.54. The highest BCUT2D eigenvalue weighted by atomic mass is 79.9. The van der Waals surface area contributed by atoms with Crippen LogP contribution in [0, 0.1) is 0 Å². The molecule has 0 radical (unpaired) electrons. The molecule has 0 bridgehead atoms. The van der Waals surface area contributed by atoms with Crippen LogP contribution in [0.25, 0.3) is 0 Å². The van der Waals surface area contributed by atoms with Crippen molar-refractivity contribution in [2.24, 2.45) is 5.73 Å². The van der Waals surface area contributed by atoms with Gasteiger partial charge < -0.3 is 11.1 Å². The first-order valence-corrected chi connectivity index (χ1v) is 5.68. The fraction of sp³-hybridized carbons (Fsp3) is 0.333. The largest absolute Gasteiger partial charge is 0.329 e. The van der Waals surface area contributed by atoms with Crippen LogP contribution in [-0.4, -0.2) is 13.1 Å². The van der Waals surface area contributed by atoms with Crippen LogP contribution in [0.3, 0.4) is 0 Å². The molecule has 0 aliphatic carbocycles. The highest BCUT2D eigenvalue weighted by molar-refractivity contribution is 9.11. The molecule has 1 atom stereocenters.